The zero-order chi connectivity index (χ0) is 17.3. The Hall–Kier alpha value is -1.56. The summed E-state index contributed by atoms with van der Waals surface area (Å²) in [6.07, 6.45) is 1.53. The molecule has 0 radical (unpaired) electrons. The first-order valence-corrected chi connectivity index (χ1v) is 9.74. The fourth-order valence-corrected chi connectivity index (χ4v) is 4.35. The van der Waals surface area contributed by atoms with Gasteiger partial charge in [0.2, 0.25) is 10.0 Å². The predicted molar refractivity (Wildman–Crippen MR) is 95.3 cm³/mol. The van der Waals surface area contributed by atoms with Gasteiger partial charge in [-0.15, -0.1) is 0 Å². The first-order valence-electron chi connectivity index (χ1n) is 7.88. The van der Waals surface area contributed by atoms with E-state index in [-0.39, 0.29) is 10.9 Å². The smallest absolute Gasteiger partial charge is 0.240 e. The van der Waals surface area contributed by atoms with Gasteiger partial charge in [-0.25, -0.2) is 13.1 Å². The molecule has 0 spiro atoms. The van der Waals surface area contributed by atoms with Crippen molar-refractivity contribution in [1.29, 1.82) is 0 Å². The summed E-state index contributed by atoms with van der Waals surface area (Å²) in [5, 5.41) is 0.448. The molecule has 1 unspecified atom stereocenters. The number of fused-ring (bicyclic) bond motifs is 1. The van der Waals surface area contributed by atoms with Gasteiger partial charge in [-0.1, -0.05) is 29.8 Å². The average Bonchev–Trinajstić information content (AvgIpc) is 2.96. The maximum absolute atomic E-state index is 12.5. The second-order valence-electron chi connectivity index (χ2n) is 6.18. The molecule has 0 bridgehead atoms. The van der Waals surface area contributed by atoms with Crippen molar-refractivity contribution in [2.75, 3.05) is 6.61 Å². The van der Waals surface area contributed by atoms with Gasteiger partial charge in [0.05, 0.1) is 11.5 Å². The van der Waals surface area contributed by atoms with E-state index in [0.717, 1.165) is 29.9 Å². The van der Waals surface area contributed by atoms with Crippen LogP contribution < -0.4 is 9.46 Å². The molecule has 1 aliphatic heterocycles. The molecule has 1 atom stereocenters. The third-order valence-electron chi connectivity index (χ3n) is 4.11. The molecule has 2 aromatic rings. The maximum atomic E-state index is 12.5. The molecule has 0 fully saturated rings. The van der Waals surface area contributed by atoms with Gasteiger partial charge in [0.1, 0.15) is 5.75 Å². The summed E-state index contributed by atoms with van der Waals surface area (Å²) >= 11 is 6.04. The lowest BCUT2D eigenvalue weighted by Crippen LogP contribution is -2.34. The van der Waals surface area contributed by atoms with Crippen LogP contribution in [0.15, 0.2) is 41.3 Å². The third-order valence-corrected chi connectivity index (χ3v) is 6.10. The summed E-state index contributed by atoms with van der Waals surface area (Å²) in [6, 6.07) is 10.6. The third kappa shape index (κ3) is 3.74. The Morgan fingerprint density at radius 1 is 1.25 bits per heavy atom. The summed E-state index contributed by atoms with van der Waals surface area (Å²) in [5.74, 6) is 0.932. The zero-order valence-corrected chi connectivity index (χ0v) is 15.2. The molecule has 3 rings (SSSR count). The van der Waals surface area contributed by atoms with Gasteiger partial charge in [0, 0.05) is 17.5 Å². The number of hydrogen-bond acceptors (Lipinski definition) is 3. The molecule has 1 aliphatic rings. The van der Waals surface area contributed by atoms with Crippen LogP contribution in [0.3, 0.4) is 0 Å². The van der Waals surface area contributed by atoms with Gasteiger partial charge in [0.25, 0.3) is 0 Å². The van der Waals surface area contributed by atoms with Crippen LogP contribution >= 0.6 is 11.6 Å². The quantitative estimate of drug-likeness (QED) is 0.882. The monoisotopic (exact) mass is 365 g/mol. The van der Waals surface area contributed by atoms with E-state index < -0.39 is 10.0 Å². The molecule has 0 saturated carbocycles. The van der Waals surface area contributed by atoms with E-state index in [1.807, 2.05) is 26.0 Å². The zero-order valence-electron chi connectivity index (χ0n) is 13.7. The van der Waals surface area contributed by atoms with E-state index in [2.05, 4.69) is 10.8 Å². The number of benzene rings is 2. The second-order valence-corrected chi connectivity index (χ2v) is 8.30. The highest BCUT2D eigenvalue weighted by atomic mass is 35.5. The van der Waals surface area contributed by atoms with Crippen molar-refractivity contribution in [3.63, 3.8) is 0 Å². The molecule has 4 nitrogen and oxygen atoms in total. The fourth-order valence-electron chi connectivity index (χ4n) is 2.84. The Bertz CT molecular complexity index is 865. The highest BCUT2D eigenvalue weighted by Crippen LogP contribution is 2.26. The minimum atomic E-state index is -3.59. The molecule has 0 saturated heterocycles. The van der Waals surface area contributed by atoms with Gasteiger partial charge < -0.3 is 4.74 Å². The molecule has 24 heavy (non-hydrogen) atoms. The number of ether oxygens (including phenoxy) is 1. The minimum Gasteiger partial charge on any atom is -0.493 e. The van der Waals surface area contributed by atoms with Gasteiger partial charge in [0.15, 0.2) is 0 Å². The number of rotatable bonds is 5. The van der Waals surface area contributed by atoms with E-state index in [1.165, 1.54) is 11.6 Å². The van der Waals surface area contributed by atoms with Crippen molar-refractivity contribution in [2.45, 2.75) is 37.6 Å². The van der Waals surface area contributed by atoms with E-state index in [4.69, 9.17) is 16.3 Å². The largest absolute Gasteiger partial charge is 0.493 e. The van der Waals surface area contributed by atoms with Crippen LogP contribution in [0.1, 0.15) is 23.6 Å². The van der Waals surface area contributed by atoms with Crippen LogP contribution in [0.25, 0.3) is 0 Å². The summed E-state index contributed by atoms with van der Waals surface area (Å²) in [6.45, 7) is 4.42. The van der Waals surface area contributed by atoms with E-state index in [1.54, 1.807) is 12.1 Å². The maximum Gasteiger partial charge on any atom is 0.240 e. The second kappa shape index (κ2) is 6.75. The van der Waals surface area contributed by atoms with Crippen molar-refractivity contribution in [2.24, 2.45) is 0 Å². The van der Waals surface area contributed by atoms with Crippen LogP contribution in [-0.4, -0.2) is 21.1 Å². The van der Waals surface area contributed by atoms with Crippen LogP contribution in [-0.2, 0) is 22.9 Å². The molecule has 1 heterocycles. The molecule has 0 aromatic heterocycles. The Balaban J connectivity index is 1.71. The van der Waals surface area contributed by atoms with Gasteiger partial charge >= 0.3 is 0 Å². The van der Waals surface area contributed by atoms with Crippen molar-refractivity contribution in [3.8, 4) is 5.75 Å². The molecular formula is C18H20ClNO3S. The normalized spacial score (nSPS) is 15.0. The van der Waals surface area contributed by atoms with Gasteiger partial charge in [-0.2, -0.15) is 0 Å². The summed E-state index contributed by atoms with van der Waals surface area (Å²) in [7, 11) is -3.59. The molecular weight excluding hydrogens is 346 g/mol. The number of sulfonamides is 1. The van der Waals surface area contributed by atoms with E-state index in [9.17, 15) is 8.42 Å². The highest BCUT2D eigenvalue weighted by molar-refractivity contribution is 7.89. The molecule has 2 aromatic carbocycles. The lowest BCUT2D eigenvalue weighted by molar-refractivity contribution is 0.357. The van der Waals surface area contributed by atoms with Crippen molar-refractivity contribution in [3.05, 3.63) is 58.1 Å². The summed E-state index contributed by atoms with van der Waals surface area (Å²) in [4.78, 5) is 0.187. The molecule has 0 aliphatic carbocycles. The highest BCUT2D eigenvalue weighted by Gasteiger charge is 2.19. The summed E-state index contributed by atoms with van der Waals surface area (Å²) in [5.41, 5.74) is 3.13. The lowest BCUT2D eigenvalue weighted by Gasteiger charge is -2.15. The molecule has 128 valence electrons. The first-order chi connectivity index (χ1) is 11.3. The van der Waals surface area contributed by atoms with Gasteiger partial charge in [-0.3, -0.25) is 0 Å². The molecule has 6 heteroatoms. The Morgan fingerprint density at radius 3 is 2.79 bits per heavy atom. The number of aryl methyl sites for hydroxylation is 1. The lowest BCUT2D eigenvalue weighted by atomic mass is 10.0. The van der Waals surface area contributed by atoms with Crippen LogP contribution in [0.5, 0.6) is 5.75 Å². The van der Waals surface area contributed by atoms with Crippen LogP contribution in [0.2, 0.25) is 5.02 Å². The van der Waals surface area contributed by atoms with Crippen LogP contribution in [0, 0.1) is 6.92 Å². The minimum absolute atomic E-state index is 0.187. The van der Waals surface area contributed by atoms with Crippen LogP contribution in [0.4, 0.5) is 0 Å². The number of halogens is 1. The van der Waals surface area contributed by atoms with E-state index >= 15 is 0 Å². The molecule has 1 N–H and O–H groups in total. The Labute approximate surface area is 147 Å². The SMILES string of the molecule is Cc1ccc(S(=O)(=O)NC(C)Cc2ccc3c(c2)CCO3)cc1Cl. The summed E-state index contributed by atoms with van der Waals surface area (Å²) < 4.78 is 33.2. The molecule has 0 amide bonds. The number of hydrogen-bond donors (Lipinski definition) is 1. The predicted octanol–water partition coefficient (Wildman–Crippen LogP) is 3.49. The average molecular weight is 366 g/mol. The standard InChI is InChI=1S/C18H20ClNO3S/c1-12-3-5-16(11-17(12)19)24(21,22)20-13(2)9-14-4-6-18-15(10-14)7-8-23-18/h3-6,10-11,13,20H,7-9H2,1-2H3. The topological polar surface area (TPSA) is 55.4 Å². The Morgan fingerprint density at radius 2 is 2.04 bits per heavy atom. The van der Waals surface area contributed by atoms with Crippen molar-refractivity contribution < 1.29 is 13.2 Å². The van der Waals surface area contributed by atoms with Crippen molar-refractivity contribution in [1.82, 2.24) is 4.72 Å². The van der Waals surface area contributed by atoms with Crippen molar-refractivity contribution >= 4 is 21.6 Å². The number of nitrogens with one attached hydrogen (secondary N) is 1. The fraction of sp³-hybridized carbons (Fsp3) is 0.333. The van der Waals surface area contributed by atoms with Gasteiger partial charge in [-0.05, 0) is 55.2 Å². The first kappa shape index (κ1) is 17.3. The Kier molecular flexibility index (Phi) is 4.85. The van der Waals surface area contributed by atoms with E-state index in [0.29, 0.717) is 11.4 Å².